The number of rotatable bonds is 4. The van der Waals surface area contributed by atoms with Crippen LogP contribution in [-0.4, -0.2) is 42.6 Å². The first-order valence-corrected chi connectivity index (χ1v) is 8.74. The average Bonchev–Trinajstić information content (AvgIpc) is 2.63. The van der Waals surface area contributed by atoms with Gasteiger partial charge in [0.15, 0.2) is 0 Å². The standard InChI is InChI=1S/C21H24N4/c1-17-15-18(2)23-21(20(17)16-22)25-13-11-24(12-14-25)10-6-9-19-7-4-3-5-8-19/h3-9,15H,10-14H2,1-2H3/b9-6-. The molecular formula is C21H24N4. The Hall–Kier alpha value is -2.64. The van der Waals surface area contributed by atoms with Crippen LogP contribution in [0.25, 0.3) is 6.08 Å². The molecule has 4 nitrogen and oxygen atoms in total. The molecule has 0 amide bonds. The number of nitriles is 1. The number of pyridine rings is 1. The molecule has 25 heavy (non-hydrogen) atoms. The van der Waals surface area contributed by atoms with Gasteiger partial charge in [-0.15, -0.1) is 0 Å². The van der Waals surface area contributed by atoms with Crippen LogP contribution in [0.4, 0.5) is 5.82 Å². The minimum absolute atomic E-state index is 0.711. The van der Waals surface area contributed by atoms with E-state index in [2.05, 4.69) is 57.3 Å². The topological polar surface area (TPSA) is 43.2 Å². The Morgan fingerprint density at radius 2 is 1.84 bits per heavy atom. The second-order valence-electron chi connectivity index (χ2n) is 6.49. The quantitative estimate of drug-likeness (QED) is 0.860. The van der Waals surface area contributed by atoms with Gasteiger partial charge in [-0.1, -0.05) is 42.5 Å². The monoisotopic (exact) mass is 332 g/mol. The van der Waals surface area contributed by atoms with Crippen LogP contribution in [0.5, 0.6) is 0 Å². The number of piperazine rings is 1. The molecule has 3 rings (SSSR count). The van der Waals surface area contributed by atoms with Gasteiger partial charge in [0.1, 0.15) is 11.9 Å². The maximum atomic E-state index is 9.46. The fourth-order valence-electron chi connectivity index (χ4n) is 3.23. The molecule has 1 aromatic carbocycles. The number of anilines is 1. The van der Waals surface area contributed by atoms with Gasteiger partial charge in [0.05, 0.1) is 5.56 Å². The van der Waals surface area contributed by atoms with E-state index in [-0.39, 0.29) is 0 Å². The summed E-state index contributed by atoms with van der Waals surface area (Å²) in [6.45, 7) is 8.71. The molecule has 1 aromatic heterocycles. The molecule has 0 atom stereocenters. The van der Waals surface area contributed by atoms with Gasteiger partial charge in [-0.05, 0) is 31.0 Å². The molecule has 4 heteroatoms. The van der Waals surface area contributed by atoms with Gasteiger partial charge in [-0.3, -0.25) is 4.90 Å². The van der Waals surface area contributed by atoms with Gasteiger partial charge in [0.25, 0.3) is 0 Å². The van der Waals surface area contributed by atoms with Gasteiger partial charge < -0.3 is 4.90 Å². The first kappa shape index (κ1) is 17.2. The van der Waals surface area contributed by atoms with Crippen LogP contribution in [0.1, 0.15) is 22.4 Å². The van der Waals surface area contributed by atoms with Crippen molar-refractivity contribution < 1.29 is 0 Å². The minimum atomic E-state index is 0.711. The number of aryl methyl sites for hydroxylation is 2. The largest absolute Gasteiger partial charge is 0.353 e. The zero-order valence-corrected chi connectivity index (χ0v) is 14.9. The molecule has 0 aliphatic carbocycles. The SMILES string of the molecule is Cc1cc(C)c(C#N)c(N2CCN(C/C=C\c3ccccc3)CC2)n1. The molecule has 0 bridgehead atoms. The number of aromatic nitrogens is 1. The van der Waals surface area contributed by atoms with Crippen LogP contribution in [0, 0.1) is 25.2 Å². The van der Waals surface area contributed by atoms with Gasteiger partial charge in [0, 0.05) is 38.4 Å². The number of hydrogen-bond donors (Lipinski definition) is 0. The fourth-order valence-corrected chi connectivity index (χ4v) is 3.23. The van der Waals surface area contributed by atoms with E-state index < -0.39 is 0 Å². The summed E-state index contributed by atoms with van der Waals surface area (Å²) in [5.41, 5.74) is 3.93. The Morgan fingerprint density at radius 3 is 2.52 bits per heavy atom. The predicted octanol–water partition coefficient (Wildman–Crippen LogP) is 3.41. The van der Waals surface area contributed by atoms with Crippen molar-refractivity contribution in [3.63, 3.8) is 0 Å². The normalized spacial score (nSPS) is 15.5. The average molecular weight is 332 g/mol. The summed E-state index contributed by atoms with van der Waals surface area (Å²) in [6.07, 6.45) is 4.40. The molecule has 2 heterocycles. The first-order valence-electron chi connectivity index (χ1n) is 8.74. The summed E-state index contributed by atoms with van der Waals surface area (Å²) in [4.78, 5) is 9.31. The Labute approximate surface area is 150 Å². The molecule has 1 aliphatic heterocycles. The van der Waals surface area contributed by atoms with E-state index in [0.717, 1.165) is 49.8 Å². The maximum absolute atomic E-state index is 9.46. The van der Waals surface area contributed by atoms with Gasteiger partial charge >= 0.3 is 0 Å². The maximum Gasteiger partial charge on any atom is 0.147 e. The van der Waals surface area contributed by atoms with Crippen molar-refractivity contribution in [1.82, 2.24) is 9.88 Å². The summed E-state index contributed by atoms with van der Waals surface area (Å²) < 4.78 is 0. The van der Waals surface area contributed by atoms with Gasteiger partial charge in [-0.25, -0.2) is 4.98 Å². The molecule has 0 saturated carbocycles. The van der Waals surface area contributed by atoms with Crippen LogP contribution >= 0.6 is 0 Å². The lowest BCUT2D eigenvalue weighted by atomic mass is 10.1. The highest BCUT2D eigenvalue weighted by Gasteiger charge is 2.21. The van der Waals surface area contributed by atoms with Crippen molar-refractivity contribution in [3.05, 3.63) is 64.9 Å². The third-order valence-corrected chi connectivity index (χ3v) is 4.58. The van der Waals surface area contributed by atoms with E-state index in [1.807, 2.05) is 26.0 Å². The molecule has 128 valence electrons. The summed E-state index contributed by atoms with van der Waals surface area (Å²) in [7, 11) is 0. The predicted molar refractivity (Wildman–Crippen MR) is 103 cm³/mol. The van der Waals surface area contributed by atoms with Crippen molar-refractivity contribution in [2.24, 2.45) is 0 Å². The lowest BCUT2D eigenvalue weighted by molar-refractivity contribution is 0.283. The molecule has 0 unspecified atom stereocenters. The summed E-state index contributed by atoms with van der Waals surface area (Å²) in [6, 6.07) is 14.7. The van der Waals surface area contributed by atoms with Crippen molar-refractivity contribution in [1.29, 1.82) is 5.26 Å². The van der Waals surface area contributed by atoms with Crippen LogP contribution in [0.2, 0.25) is 0 Å². The number of nitrogens with zero attached hydrogens (tertiary/aromatic N) is 4. The van der Waals surface area contributed by atoms with E-state index >= 15 is 0 Å². The Kier molecular flexibility index (Phi) is 5.47. The lowest BCUT2D eigenvalue weighted by Gasteiger charge is -2.35. The summed E-state index contributed by atoms with van der Waals surface area (Å²) in [5.74, 6) is 0.847. The summed E-state index contributed by atoms with van der Waals surface area (Å²) in [5, 5.41) is 9.46. The molecule has 2 aromatic rings. The van der Waals surface area contributed by atoms with Crippen molar-refractivity contribution in [2.45, 2.75) is 13.8 Å². The van der Waals surface area contributed by atoms with Crippen LogP contribution < -0.4 is 4.90 Å². The smallest absolute Gasteiger partial charge is 0.147 e. The lowest BCUT2D eigenvalue weighted by Crippen LogP contribution is -2.47. The molecular weight excluding hydrogens is 308 g/mol. The van der Waals surface area contributed by atoms with Crippen LogP contribution in [0.15, 0.2) is 42.5 Å². The zero-order chi connectivity index (χ0) is 17.6. The summed E-state index contributed by atoms with van der Waals surface area (Å²) >= 11 is 0. The second-order valence-corrected chi connectivity index (χ2v) is 6.49. The molecule has 0 N–H and O–H groups in total. The van der Waals surface area contributed by atoms with Gasteiger partial charge in [0.2, 0.25) is 0 Å². The highest BCUT2D eigenvalue weighted by Crippen LogP contribution is 2.23. The van der Waals surface area contributed by atoms with E-state index in [9.17, 15) is 5.26 Å². The molecule has 0 spiro atoms. The van der Waals surface area contributed by atoms with E-state index in [1.165, 1.54) is 5.56 Å². The Balaban J connectivity index is 1.59. The van der Waals surface area contributed by atoms with E-state index in [0.29, 0.717) is 5.56 Å². The third-order valence-electron chi connectivity index (χ3n) is 4.58. The highest BCUT2D eigenvalue weighted by molar-refractivity contribution is 5.58. The van der Waals surface area contributed by atoms with E-state index in [1.54, 1.807) is 0 Å². The fraction of sp³-hybridized carbons (Fsp3) is 0.333. The van der Waals surface area contributed by atoms with Crippen molar-refractivity contribution in [2.75, 3.05) is 37.6 Å². The first-order chi connectivity index (χ1) is 12.2. The Bertz CT molecular complexity index is 782. The minimum Gasteiger partial charge on any atom is -0.353 e. The van der Waals surface area contributed by atoms with Crippen LogP contribution in [-0.2, 0) is 0 Å². The van der Waals surface area contributed by atoms with Crippen molar-refractivity contribution >= 4 is 11.9 Å². The number of hydrogen-bond acceptors (Lipinski definition) is 4. The highest BCUT2D eigenvalue weighted by atomic mass is 15.3. The molecule has 1 saturated heterocycles. The second kappa shape index (κ2) is 7.96. The Morgan fingerprint density at radius 1 is 1.12 bits per heavy atom. The molecule has 0 radical (unpaired) electrons. The zero-order valence-electron chi connectivity index (χ0n) is 14.9. The van der Waals surface area contributed by atoms with Crippen LogP contribution in [0.3, 0.4) is 0 Å². The third kappa shape index (κ3) is 4.26. The molecule has 1 aliphatic rings. The van der Waals surface area contributed by atoms with Crippen molar-refractivity contribution in [3.8, 4) is 6.07 Å². The molecule has 1 fully saturated rings. The number of benzene rings is 1. The van der Waals surface area contributed by atoms with E-state index in [4.69, 9.17) is 0 Å². The van der Waals surface area contributed by atoms with Gasteiger partial charge in [-0.2, -0.15) is 5.26 Å².